The van der Waals surface area contributed by atoms with Crippen molar-refractivity contribution in [3.05, 3.63) is 27.1 Å². The molecule has 0 radical (unpaired) electrons. The topological polar surface area (TPSA) is 35.2 Å². The van der Waals surface area contributed by atoms with Gasteiger partial charge in [0, 0.05) is 18.2 Å². The van der Waals surface area contributed by atoms with E-state index in [1.165, 1.54) is 13.2 Å². The van der Waals surface area contributed by atoms with Crippen molar-refractivity contribution < 1.29 is 9.13 Å². The van der Waals surface area contributed by atoms with Crippen molar-refractivity contribution in [3.8, 4) is 5.75 Å². The maximum atomic E-state index is 13.1. The standard InChI is InChI=1S/C8H9FINO/c1-12-8-3-6(9)5(4-11)2-7(8)10/h2-3H,4,11H2,1H3. The molecule has 12 heavy (non-hydrogen) atoms. The van der Waals surface area contributed by atoms with E-state index in [0.29, 0.717) is 11.3 Å². The van der Waals surface area contributed by atoms with E-state index in [2.05, 4.69) is 22.6 Å². The fourth-order valence-electron chi connectivity index (χ4n) is 0.883. The lowest BCUT2D eigenvalue weighted by Gasteiger charge is -2.05. The Kier molecular flexibility index (Phi) is 3.28. The van der Waals surface area contributed by atoms with Gasteiger partial charge in [0.25, 0.3) is 0 Å². The quantitative estimate of drug-likeness (QED) is 0.840. The summed E-state index contributed by atoms with van der Waals surface area (Å²) < 4.78 is 18.9. The van der Waals surface area contributed by atoms with Gasteiger partial charge >= 0.3 is 0 Å². The van der Waals surface area contributed by atoms with Crippen LogP contribution < -0.4 is 10.5 Å². The highest BCUT2D eigenvalue weighted by Crippen LogP contribution is 2.23. The average molecular weight is 281 g/mol. The zero-order valence-corrected chi connectivity index (χ0v) is 8.76. The van der Waals surface area contributed by atoms with E-state index < -0.39 is 0 Å². The molecule has 0 bridgehead atoms. The third-order valence-corrected chi connectivity index (χ3v) is 2.38. The molecule has 0 saturated heterocycles. The van der Waals surface area contributed by atoms with Crippen LogP contribution in [0.25, 0.3) is 0 Å². The van der Waals surface area contributed by atoms with Crippen molar-refractivity contribution in [2.45, 2.75) is 6.54 Å². The van der Waals surface area contributed by atoms with Gasteiger partial charge in [0.15, 0.2) is 0 Å². The summed E-state index contributed by atoms with van der Waals surface area (Å²) in [7, 11) is 1.51. The minimum Gasteiger partial charge on any atom is -0.496 e. The van der Waals surface area contributed by atoms with Crippen LogP contribution in [0.3, 0.4) is 0 Å². The van der Waals surface area contributed by atoms with Gasteiger partial charge in [-0.25, -0.2) is 4.39 Å². The predicted octanol–water partition coefficient (Wildman–Crippen LogP) is 1.90. The Bertz CT molecular complexity index is 261. The lowest BCUT2D eigenvalue weighted by molar-refractivity contribution is 0.407. The molecule has 0 unspecified atom stereocenters. The van der Waals surface area contributed by atoms with Crippen molar-refractivity contribution in [1.29, 1.82) is 0 Å². The summed E-state index contributed by atoms with van der Waals surface area (Å²) in [6.07, 6.45) is 0. The Morgan fingerprint density at radius 2 is 2.25 bits per heavy atom. The Balaban J connectivity index is 3.16. The molecular formula is C8H9FINO. The van der Waals surface area contributed by atoms with E-state index in [0.717, 1.165) is 3.57 Å². The number of halogens is 2. The van der Waals surface area contributed by atoms with E-state index >= 15 is 0 Å². The molecule has 0 aliphatic heterocycles. The second kappa shape index (κ2) is 4.04. The second-order valence-electron chi connectivity index (χ2n) is 2.28. The van der Waals surface area contributed by atoms with Gasteiger partial charge in [-0.15, -0.1) is 0 Å². The molecule has 0 atom stereocenters. The molecule has 0 amide bonds. The first kappa shape index (κ1) is 9.73. The fourth-order valence-corrected chi connectivity index (χ4v) is 1.63. The molecule has 1 aromatic carbocycles. The van der Waals surface area contributed by atoms with Gasteiger partial charge in [0.05, 0.1) is 10.7 Å². The summed E-state index contributed by atoms with van der Waals surface area (Å²) in [5.74, 6) is 0.236. The number of ether oxygens (including phenoxy) is 1. The van der Waals surface area contributed by atoms with Crippen LogP contribution in [0.4, 0.5) is 4.39 Å². The van der Waals surface area contributed by atoms with E-state index in [1.807, 2.05) is 0 Å². The van der Waals surface area contributed by atoms with Gasteiger partial charge in [-0.05, 0) is 28.7 Å². The molecule has 1 aromatic rings. The maximum absolute atomic E-state index is 13.1. The third kappa shape index (κ3) is 1.87. The Labute approximate surface area is 84.0 Å². The highest BCUT2D eigenvalue weighted by Gasteiger charge is 2.06. The first-order chi connectivity index (χ1) is 5.69. The molecule has 0 heterocycles. The van der Waals surface area contributed by atoms with Gasteiger partial charge in [-0.2, -0.15) is 0 Å². The summed E-state index contributed by atoms with van der Waals surface area (Å²) >= 11 is 2.08. The highest BCUT2D eigenvalue weighted by atomic mass is 127. The van der Waals surface area contributed by atoms with Gasteiger partial charge in [0.1, 0.15) is 11.6 Å². The smallest absolute Gasteiger partial charge is 0.135 e. The van der Waals surface area contributed by atoms with Gasteiger partial charge in [0.2, 0.25) is 0 Å². The molecule has 0 aliphatic carbocycles. The highest BCUT2D eigenvalue weighted by molar-refractivity contribution is 14.1. The largest absolute Gasteiger partial charge is 0.496 e. The fraction of sp³-hybridized carbons (Fsp3) is 0.250. The van der Waals surface area contributed by atoms with Crippen LogP contribution >= 0.6 is 22.6 Å². The molecule has 1 rings (SSSR count). The molecule has 0 saturated carbocycles. The Morgan fingerprint density at radius 3 is 2.75 bits per heavy atom. The van der Waals surface area contributed by atoms with Gasteiger partial charge < -0.3 is 10.5 Å². The van der Waals surface area contributed by atoms with Crippen LogP contribution in [-0.4, -0.2) is 7.11 Å². The van der Waals surface area contributed by atoms with Crippen molar-refractivity contribution in [3.63, 3.8) is 0 Å². The summed E-state index contributed by atoms with van der Waals surface area (Å²) in [6, 6.07) is 3.04. The van der Waals surface area contributed by atoms with E-state index in [4.69, 9.17) is 10.5 Å². The normalized spacial score (nSPS) is 10.0. The molecular weight excluding hydrogens is 272 g/mol. The number of hydrogen-bond acceptors (Lipinski definition) is 2. The van der Waals surface area contributed by atoms with Gasteiger partial charge in [-0.3, -0.25) is 0 Å². The van der Waals surface area contributed by atoms with Crippen LogP contribution in [0.2, 0.25) is 0 Å². The molecule has 0 aromatic heterocycles. The predicted molar refractivity (Wildman–Crippen MR) is 53.6 cm³/mol. The van der Waals surface area contributed by atoms with Gasteiger partial charge in [-0.1, -0.05) is 0 Å². The number of hydrogen-bond donors (Lipinski definition) is 1. The number of methoxy groups -OCH3 is 1. The summed E-state index contributed by atoms with van der Waals surface area (Å²) in [5, 5.41) is 0. The number of benzene rings is 1. The molecule has 4 heteroatoms. The Morgan fingerprint density at radius 1 is 1.58 bits per heavy atom. The summed E-state index contributed by atoms with van der Waals surface area (Å²) in [6.45, 7) is 0.214. The summed E-state index contributed by atoms with van der Waals surface area (Å²) in [5.41, 5.74) is 5.84. The van der Waals surface area contributed by atoms with Crippen LogP contribution in [-0.2, 0) is 6.54 Å². The lowest BCUT2D eigenvalue weighted by Crippen LogP contribution is -2.01. The molecule has 0 aliphatic rings. The molecule has 2 N–H and O–H groups in total. The minimum atomic E-state index is -0.310. The second-order valence-corrected chi connectivity index (χ2v) is 3.44. The average Bonchev–Trinajstić information content (AvgIpc) is 2.08. The summed E-state index contributed by atoms with van der Waals surface area (Å²) in [4.78, 5) is 0. The Hall–Kier alpha value is -0.360. The first-order valence-electron chi connectivity index (χ1n) is 3.41. The zero-order chi connectivity index (χ0) is 9.14. The zero-order valence-electron chi connectivity index (χ0n) is 6.60. The van der Waals surface area contributed by atoms with Crippen LogP contribution in [0.1, 0.15) is 5.56 Å². The molecule has 0 spiro atoms. The lowest BCUT2D eigenvalue weighted by atomic mass is 10.2. The van der Waals surface area contributed by atoms with E-state index in [-0.39, 0.29) is 12.4 Å². The van der Waals surface area contributed by atoms with Crippen LogP contribution in [0.15, 0.2) is 12.1 Å². The van der Waals surface area contributed by atoms with Crippen molar-refractivity contribution >= 4 is 22.6 Å². The maximum Gasteiger partial charge on any atom is 0.135 e. The minimum absolute atomic E-state index is 0.214. The molecule has 0 fully saturated rings. The number of rotatable bonds is 2. The van der Waals surface area contributed by atoms with E-state index in [9.17, 15) is 4.39 Å². The number of nitrogens with two attached hydrogens (primary N) is 1. The molecule has 66 valence electrons. The SMILES string of the molecule is COc1cc(F)c(CN)cc1I. The molecule has 2 nitrogen and oxygen atoms in total. The van der Waals surface area contributed by atoms with E-state index in [1.54, 1.807) is 6.07 Å². The van der Waals surface area contributed by atoms with Crippen molar-refractivity contribution in [2.75, 3.05) is 7.11 Å². The first-order valence-corrected chi connectivity index (χ1v) is 4.49. The van der Waals surface area contributed by atoms with Crippen molar-refractivity contribution in [1.82, 2.24) is 0 Å². The van der Waals surface area contributed by atoms with Crippen LogP contribution in [0.5, 0.6) is 5.75 Å². The third-order valence-electron chi connectivity index (χ3n) is 1.54. The van der Waals surface area contributed by atoms with Crippen molar-refractivity contribution in [2.24, 2.45) is 5.73 Å². The van der Waals surface area contributed by atoms with Crippen LogP contribution in [0, 0.1) is 9.39 Å². The monoisotopic (exact) mass is 281 g/mol.